The van der Waals surface area contributed by atoms with E-state index in [-0.39, 0.29) is 11.9 Å². The van der Waals surface area contributed by atoms with E-state index in [0.29, 0.717) is 12.6 Å². The fourth-order valence-electron chi connectivity index (χ4n) is 2.46. The molecule has 1 fully saturated rings. The monoisotopic (exact) mass is 252 g/mol. The number of nitrogens with two attached hydrogens (primary N) is 1. The maximum Gasteiger partial charge on any atom is 0.123 e. The molecule has 0 saturated carbocycles. The Balaban J connectivity index is 2.36. The lowest BCUT2D eigenvalue weighted by atomic mass is 10.0. The van der Waals surface area contributed by atoms with Crippen LogP contribution in [0.1, 0.15) is 31.9 Å². The van der Waals surface area contributed by atoms with Crippen molar-refractivity contribution in [2.75, 3.05) is 24.7 Å². The molecule has 2 rings (SSSR count). The minimum atomic E-state index is -0.229. The van der Waals surface area contributed by atoms with E-state index < -0.39 is 0 Å². The van der Waals surface area contributed by atoms with Crippen LogP contribution in [0.2, 0.25) is 0 Å². The third-order valence-corrected chi connectivity index (χ3v) is 3.49. The van der Waals surface area contributed by atoms with Crippen LogP contribution >= 0.6 is 0 Å². The zero-order chi connectivity index (χ0) is 13.1. The van der Waals surface area contributed by atoms with Crippen molar-refractivity contribution >= 4 is 5.69 Å². The van der Waals surface area contributed by atoms with E-state index in [4.69, 9.17) is 10.5 Å². The molecular formula is C14H21FN2O. The third kappa shape index (κ3) is 2.65. The van der Waals surface area contributed by atoms with Crippen LogP contribution < -0.4 is 10.6 Å². The lowest BCUT2D eigenvalue weighted by Gasteiger charge is -2.38. The number of benzene rings is 1. The van der Waals surface area contributed by atoms with Crippen molar-refractivity contribution in [3.8, 4) is 0 Å². The van der Waals surface area contributed by atoms with E-state index in [0.717, 1.165) is 30.8 Å². The average Bonchev–Trinajstić information content (AvgIpc) is 2.38. The molecule has 1 aromatic rings. The molecule has 0 amide bonds. The summed E-state index contributed by atoms with van der Waals surface area (Å²) >= 11 is 0. The number of halogens is 1. The molecule has 100 valence electrons. The van der Waals surface area contributed by atoms with Crippen molar-refractivity contribution in [2.45, 2.75) is 32.4 Å². The summed E-state index contributed by atoms with van der Waals surface area (Å²) in [5.74, 6) is -0.229. The molecule has 1 saturated heterocycles. The molecule has 2 N–H and O–H groups in total. The van der Waals surface area contributed by atoms with Gasteiger partial charge in [0.05, 0.1) is 19.3 Å². The van der Waals surface area contributed by atoms with E-state index in [9.17, 15) is 4.39 Å². The number of nitrogens with zero attached hydrogens (tertiary/aromatic N) is 1. The van der Waals surface area contributed by atoms with E-state index in [1.165, 1.54) is 6.07 Å². The zero-order valence-corrected chi connectivity index (χ0v) is 11.0. The predicted molar refractivity (Wildman–Crippen MR) is 71.2 cm³/mol. The molecule has 1 aromatic carbocycles. The van der Waals surface area contributed by atoms with Gasteiger partial charge in [0.1, 0.15) is 5.82 Å². The summed E-state index contributed by atoms with van der Waals surface area (Å²) in [5.41, 5.74) is 7.87. The molecule has 3 nitrogen and oxygen atoms in total. The van der Waals surface area contributed by atoms with Crippen LogP contribution in [0, 0.1) is 5.82 Å². The van der Waals surface area contributed by atoms with Gasteiger partial charge in [-0.2, -0.15) is 0 Å². The Hall–Kier alpha value is -1.13. The van der Waals surface area contributed by atoms with Crippen molar-refractivity contribution in [1.29, 1.82) is 0 Å². The van der Waals surface area contributed by atoms with Crippen LogP contribution in [0.5, 0.6) is 0 Å². The van der Waals surface area contributed by atoms with Crippen molar-refractivity contribution in [3.05, 3.63) is 29.6 Å². The Morgan fingerprint density at radius 3 is 3.00 bits per heavy atom. The molecule has 0 aromatic heterocycles. The van der Waals surface area contributed by atoms with E-state index in [1.54, 1.807) is 6.07 Å². The van der Waals surface area contributed by atoms with Gasteiger partial charge in [-0.25, -0.2) is 4.39 Å². The second-order valence-electron chi connectivity index (χ2n) is 4.82. The Bertz CT molecular complexity index is 409. The molecule has 18 heavy (non-hydrogen) atoms. The summed E-state index contributed by atoms with van der Waals surface area (Å²) < 4.78 is 18.9. The highest BCUT2D eigenvalue weighted by Crippen LogP contribution is 2.29. The second-order valence-corrected chi connectivity index (χ2v) is 4.82. The third-order valence-electron chi connectivity index (χ3n) is 3.49. The molecule has 2 unspecified atom stereocenters. The highest BCUT2D eigenvalue weighted by atomic mass is 19.1. The highest BCUT2D eigenvalue weighted by Gasteiger charge is 2.24. The number of hydrogen-bond donors (Lipinski definition) is 1. The Kier molecular flexibility index (Phi) is 4.19. The quantitative estimate of drug-likeness (QED) is 0.898. The summed E-state index contributed by atoms with van der Waals surface area (Å²) in [4.78, 5) is 2.29. The summed E-state index contributed by atoms with van der Waals surface area (Å²) in [6.07, 6.45) is 1.01. The number of ether oxygens (including phenoxy) is 1. The topological polar surface area (TPSA) is 38.5 Å². The van der Waals surface area contributed by atoms with Gasteiger partial charge in [0.2, 0.25) is 0 Å². The summed E-state index contributed by atoms with van der Waals surface area (Å²) in [6, 6.07) is 5.06. The largest absolute Gasteiger partial charge is 0.377 e. The summed E-state index contributed by atoms with van der Waals surface area (Å²) in [6.45, 7) is 6.31. The van der Waals surface area contributed by atoms with Crippen LogP contribution in [-0.2, 0) is 4.74 Å². The average molecular weight is 252 g/mol. The lowest BCUT2D eigenvalue weighted by molar-refractivity contribution is 0.0929. The predicted octanol–water partition coefficient (Wildman–Crippen LogP) is 2.46. The Morgan fingerprint density at radius 1 is 1.56 bits per heavy atom. The van der Waals surface area contributed by atoms with Crippen molar-refractivity contribution in [2.24, 2.45) is 5.73 Å². The summed E-state index contributed by atoms with van der Waals surface area (Å²) in [7, 11) is 0. The van der Waals surface area contributed by atoms with Crippen molar-refractivity contribution < 1.29 is 9.13 Å². The molecule has 1 aliphatic rings. The number of rotatable bonds is 3. The minimum Gasteiger partial charge on any atom is -0.377 e. The first-order valence-electron chi connectivity index (χ1n) is 6.53. The van der Waals surface area contributed by atoms with Gasteiger partial charge in [0.15, 0.2) is 0 Å². The Labute approximate surface area is 108 Å². The van der Waals surface area contributed by atoms with Crippen LogP contribution in [0.3, 0.4) is 0 Å². The van der Waals surface area contributed by atoms with Crippen molar-refractivity contribution in [1.82, 2.24) is 0 Å². The van der Waals surface area contributed by atoms with Gasteiger partial charge in [-0.1, -0.05) is 6.92 Å². The van der Waals surface area contributed by atoms with Gasteiger partial charge in [0, 0.05) is 18.3 Å². The van der Waals surface area contributed by atoms with Crippen LogP contribution in [0.4, 0.5) is 10.1 Å². The standard InChI is InChI=1S/C14H21FN2O/c1-3-12-9-18-7-6-17(12)14-5-4-11(15)8-13(14)10(2)16/h4-5,8,10,12H,3,6-7,9,16H2,1-2H3. The fourth-order valence-corrected chi connectivity index (χ4v) is 2.46. The molecule has 0 bridgehead atoms. The van der Waals surface area contributed by atoms with Crippen LogP contribution in [0.15, 0.2) is 18.2 Å². The first-order chi connectivity index (χ1) is 8.63. The van der Waals surface area contributed by atoms with E-state index >= 15 is 0 Å². The SMILES string of the molecule is CCC1COCCN1c1ccc(F)cc1C(C)N. The minimum absolute atomic E-state index is 0.170. The molecule has 1 aliphatic heterocycles. The number of anilines is 1. The van der Waals surface area contributed by atoms with Gasteiger partial charge < -0.3 is 15.4 Å². The zero-order valence-electron chi connectivity index (χ0n) is 11.0. The normalized spacial score (nSPS) is 22.0. The molecule has 4 heteroatoms. The van der Waals surface area contributed by atoms with Gasteiger partial charge in [-0.3, -0.25) is 0 Å². The summed E-state index contributed by atoms with van der Waals surface area (Å²) in [5, 5.41) is 0. The lowest BCUT2D eigenvalue weighted by Crippen LogP contribution is -2.45. The number of hydrogen-bond acceptors (Lipinski definition) is 3. The Morgan fingerprint density at radius 2 is 2.33 bits per heavy atom. The van der Waals surface area contributed by atoms with Gasteiger partial charge in [-0.15, -0.1) is 0 Å². The maximum atomic E-state index is 13.4. The molecular weight excluding hydrogens is 231 g/mol. The molecule has 0 aliphatic carbocycles. The molecule has 0 spiro atoms. The maximum absolute atomic E-state index is 13.4. The van der Waals surface area contributed by atoms with Crippen molar-refractivity contribution in [3.63, 3.8) is 0 Å². The van der Waals surface area contributed by atoms with Gasteiger partial charge in [-0.05, 0) is 37.1 Å². The van der Waals surface area contributed by atoms with E-state index in [2.05, 4.69) is 11.8 Å². The first-order valence-corrected chi connectivity index (χ1v) is 6.53. The van der Waals surface area contributed by atoms with Crippen LogP contribution in [0.25, 0.3) is 0 Å². The van der Waals surface area contributed by atoms with E-state index in [1.807, 2.05) is 13.0 Å². The van der Waals surface area contributed by atoms with Crippen LogP contribution in [-0.4, -0.2) is 25.8 Å². The second kappa shape index (κ2) is 5.67. The highest BCUT2D eigenvalue weighted by molar-refractivity contribution is 5.56. The van der Waals surface area contributed by atoms with Gasteiger partial charge in [0.25, 0.3) is 0 Å². The first kappa shape index (κ1) is 13.3. The smallest absolute Gasteiger partial charge is 0.123 e. The van der Waals surface area contributed by atoms with Gasteiger partial charge >= 0.3 is 0 Å². The molecule has 0 radical (unpaired) electrons. The molecule has 1 heterocycles. The molecule has 2 atom stereocenters. The number of morpholine rings is 1. The fraction of sp³-hybridized carbons (Fsp3) is 0.571.